The van der Waals surface area contributed by atoms with Crippen LogP contribution in [0.4, 0.5) is 0 Å². The maximum absolute atomic E-state index is 13.5. The Labute approximate surface area is 230 Å². The quantitative estimate of drug-likeness (QED) is 0.146. The van der Waals surface area contributed by atoms with E-state index >= 15 is 0 Å². The zero-order valence-corrected chi connectivity index (χ0v) is 22.2. The molecule has 0 bridgehead atoms. The molecular formula is C27H35N5O8. The third-order valence-electron chi connectivity index (χ3n) is 6.01. The van der Waals surface area contributed by atoms with Crippen molar-refractivity contribution >= 4 is 29.6 Å². The predicted molar refractivity (Wildman–Crippen MR) is 144 cm³/mol. The van der Waals surface area contributed by atoms with Crippen molar-refractivity contribution in [2.75, 3.05) is 0 Å². The van der Waals surface area contributed by atoms with Crippen LogP contribution in [0.1, 0.15) is 31.4 Å². The lowest BCUT2D eigenvalue weighted by atomic mass is 10.00. The van der Waals surface area contributed by atoms with Crippen LogP contribution in [0, 0.1) is 5.92 Å². The van der Waals surface area contributed by atoms with Crippen LogP contribution in [0.5, 0.6) is 11.5 Å². The topological polar surface area (TPSA) is 234 Å². The van der Waals surface area contributed by atoms with Gasteiger partial charge in [-0.05, 0) is 41.3 Å². The van der Waals surface area contributed by atoms with Gasteiger partial charge in [0.25, 0.3) is 0 Å². The summed E-state index contributed by atoms with van der Waals surface area (Å²) in [5.74, 6) is -4.94. The van der Waals surface area contributed by atoms with Gasteiger partial charge in [-0.15, -0.1) is 0 Å². The number of carbonyl (C=O) groups is 5. The van der Waals surface area contributed by atoms with Gasteiger partial charge in [-0.3, -0.25) is 19.2 Å². The Morgan fingerprint density at radius 2 is 1.12 bits per heavy atom. The van der Waals surface area contributed by atoms with Crippen molar-refractivity contribution in [3.8, 4) is 11.5 Å². The van der Waals surface area contributed by atoms with Gasteiger partial charge in [-0.1, -0.05) is 38.1 Å². The van der Waals surface area contributed by atoms with Crippen LogP contribution in [-0.2, 0) is 36.8 Å². The monoisotopic (exact) mass is 557 g/mol. The highest BCUT2D eigenvalue weighted by molar-refractivity contribution is 5.95. The van der Waals surface area contributed by atoms with Crippen LogP contribution in [-0.4, -0.2) is 69.1 Å². The minimum Gasteiger partial charge on any atom is -0.508 e. The number of aromatic hydroxyl groups is 2. The number of benzene rings is 2. The van der Waals surface area contributed by atoms with E-state index in [9.17, 15) is 39.3 Å². The summed E-state index contributed by atoms with van der Waals surface area (Å²) in [6, 6.07) is 6.63. The highest BCUT2D eigenvalue weighted by atomic mass is 16.4. The summed E-state index contributed by atoms with van der Waals surface area (Å²) < 4.78 is 0. The molecule has 0 saturated carbocycles. The minimum absolute atomic E-state index is 0.0106. The summed E-state index contributed by atoms with van der Waals surface area (Å²) in [5, 5.41) is 36.2. The van der Waals surface area contributed by atoms with E-state index in [4.69, 9.17) is 11.5 Å². The molecule has 216 valence electrons. The number of hydrogen-bond acceptors (Lipinski definition) is 8. The molecule has 0 spiro atoms. The molecule has 0 aliphatic heterocycles. The molecule has 2 aromatic rings. The SMILES string of the molecule is CC(C)C(NC(=O)C(Cc1ccc(O)cc1)NC(=O)C(Cc1ccc(O)cc1)NC(=O)C(N)CC(N)=O)C(=O)O. The second-order valence-corrected chi connectivity index (χ2v) is 9.71. The largest absolute Gasteiger partial charge is 0.508 e. The van der Waals surface area contributed by atoms with E-state index in [1.807, 2.05) is 0 Å². The Bertz CT molecular complexity index is 1200. The molecule has 4 amide bonds. The molecule has 0 aliphatic carbocycles. The van der Waals surface area contributed by atoms with Crippen molar-refractivity contribution in [2.24, 2.45) is 17.4 Å². The van der Waals surface area contributed by atoms with Crippen LogP contribution in [0.15, 0.2) is 48.5 Å². The molecule has 4 unspecified atom stereocenters. The van der Waals surface area contributed by atoms with Crippen LogP contribution >= 0.6 is 0 Å². The summed E-state index contributed by atoms with van der Waals surface area (Å²) in [6.07, 6.45) is -0.598. The molecule has 0 fully saturated rings. The van der Waals surface area contributed by atoms with Crippen LogP contribution in [0.2, 0.25) is 0 Å². The van der Waals surface area contributed by atoms with E-state index in [-0.39, 0.29) is 24.3 Å². The van der Waals surface area contributed by atoms with Gasteiger partial charge in [0, 0.05) is 12.8 Å². The number of primary amides is 1. The highest BCUT2D eigenvalue weighted by Crippen LogP contribution is 2.14. The third kappa shape index (κ3) is 9.91. The summed E-state index contributed by atoms with van der Waals surface area (Å²) in [6.45, 7) is 3.23. The van der Waals surface area contributed by atoms with E-state index in [1.165, 1.54) is 48.5 Å². The Kier molecular flexibility index (Phi) is 11.4. The number of aliphatic carboxylic acids is 1. The van der Waals surface area contributed by atoms with Crippen LogP contribution in [0.3, 0.4) is 0 Å². The number of hydrogen-bond donors (Lipinski definition) is 8. The molecule has 2 aromatic carbocycles. The summed E-state index contributed by atoms with van der Waals surface area (Å²) in [7, 11) is 0. The average molecular weight is 558 g/mol. The normalized spacial score (nSPS) is 13.9. The fourth-order valence-corrected chi connectivity index (χ4v) is 3.78. The standard InChI is InChI=1S/C27H35N5O8/c1-14(2)23(27(39)40)32-26(38)21(12-16-5-9-18(34)10-6-16)31-25(37)20(11-15-3-7-17(33)8-4-15)30-24(36)19(28)13-22(29)35/h3-10,14,19-21,23,33-34H,11-13,28H2,1-2H3,(H2,29,35)(H,30,36)(H,31,37)(H,32,38)(H,39,40). The van der Waals surface area contributed by atoms with Gasteiger partial charge in [-0.2, -0.15) is 0 Å². The summed E-state index contributed by atoms with van der Waals surface area (Å²) >= 11 is 0. The number of carbonyl (C=O) groups excluding carboxylic acids is 4. The first-order valence-corrected chi connectivity index (χ1v) is 12.5. The number of phenolic OH excluding ortho intramolecular Hbond substituents is 2. The van der Waals surface area contributed by atoms with E-state index in [2.05, 4.69) is 16.0 Å². The maximum atomic E-state index is 13.5. The van der Waals surface area contributed by atoms with Gasteiger partial charge in [0.1, 0.15) is 29.6 Å². The van der Waals surface area contributed by atoms with Crippen molar-refractivity contribution in [1.82, 2.24) is 16.0 Å². The molecule has 0 saturated heterocycles. The Hall–Kier alpha value is -4.65. The molecule has 0 aliphatic rings. The lowest BCUT2D eigenvalue weighted by Gasteiger charge is -2.26. The van der Waals surface area contributed by atoms with Crippen molar-refractivity contribution in [2.45, 2.75) is 57.3 Å². The summed E-state index contributed by atoms with van der Waals surface area (Å²) in [4.78, 5) is 62.2. The Balaban J connectivity index is 2.35. The van der Waals surface area contributed by atoms with Gasteiger partial charge < -0.3 is 42.7 Å². The zero-order valence-electron chi connectivity index (χ0n) is 22.2. The number of rotatable bonds is 14. The lowest BCUT2D eigenvalue weighted by molar-refractivity contribution is -0.143. The Morgan fingerprint density at radius 1 is 0.725 bits per heavy atom. The lowest BCUT2D eigenvalue weighted by Crippen LogP contribution is -2.58. The molecule has 0 aromatic heterocycles. The average Bonchev–Trinajstić information content (AvgIpc) is 2.87. The zero-order chi connectivity index (χ0) is 30.0. The second kappa shape index (κ2) is 14.5. The first-order chi connectivity index (χ1) is 18.8. The minimum atomic E-state index is -1.33. The van der Waals surface area contributed by atoms with E-state index in [0.717, 1.165) is 0 Å². The predicted octanol–water partition coefficient (Wildman–Crippen LogP) is -0.719. The van der Waals surface area contributed by atoms with E-state index in [1.54, 1.807) is 13.8 Å². The van der Waals surface area contributed by atoms with E-state index in [0.29, 0.717) is 11.1 Å². The van der Waals surface area contributed by atoms with Crippen LogP contribution < -0.4 is 27.4 Å². The Morgan fingerprint density at radius 3 is 1.50 bits per heavy atom. The summed E-state index contributed by atoms with van der Waals surface area (Å²) in [5.41, 5.74) is 12.0. The number of carboxylic acids is 1. The van der Waals surface area contributed by atoms with Gasteiger partial charge in [0.15, 0.2) is 0 Å². The maximum Gasteiger partial charge on any atom is 0.326 e. The second-order valence-electron chi connectivity index (χ2n) is 9.71. The highest BCUT2D eigenvalue weighted by Gasteiger charge is 2.32. The molecule has 10 N–H and O–H groups in total. The van der Waals surface area contributed by atoms with Crippen molar-refractivity contribution in [1.29, 1.82) is 0 Å². The molecule has 4 atom stereocenters. The third-order valence-corrected chi connectivity index (χ3v) is 6.01. The van der Waals surface area contributed by atoms with Gasteiger partial charge in [0.05, 0.1) is 12.5 Å². The first-order valence-electron chi connectivity index (χ1n) is 12.5. The molecular weight excluding hydrogens is 522 g/mol. The molecule has 0 heterocycles. The number of amides is 4. The molecule has 13 heteroatoms. The molecule has 0 radical (unpaired) electrons. The van der Waals surface area contributed by atoms with Gasteiger partial charge in [0.2, 0.25) is 23.6 Å². The smallest absolute Gasteiger partial charge is 0.326 e. The van der Waals surface area contributed by atoms with Gasteiger partial charge >= 0.3 is 5.97 Å². The molecule has 40 heavy (non-hydrogen) atoms. The fraction of sp³-hybridized carbons (Fsp3) is 0.370. The number of nitrogens with two attached hydrogens (primary N) is 2. The van der Waals surface area contributed by atoms with Gasteiger partial charge in [-0.25, -0.2) is 4.79 Å². The number of nitrogens with one attached hydrogen (secondary N) is 3. The van der Waals surface area contributed by atoms with Crippen LogP contribution in [0.25, 0.3) is 0 Å². The fourth-order valence-electron chi connectivity index (χ4n) is 3.78. The van der Waals surface area contributed by atoms with Crippen molar-refractivity contribution in [3.63, 3.8) is 0 Å². The van der Waals surface area contributed by atoms with Crippen molar-refractivity contribution < 1.29 is 39.3 Å². The first kappa shape index (κ1) is 31.6. The van der Waals surface area contributed by atoms with Crippen molar-refractivity contribution in [3.05, 3.63) is 59.7 Å². The number of phenols is 2. The molecule has 13 nitrogen and oxygen atoms in total. The molecule has 2 rings (SSSR count). The van der Waals surface area contributed by atoms with E-state index < -0.39 is 66.1 Å². The number of carboxylic acid groups (broad SMARTS) is 1.